The van der Waals surface area contributed by atoms with Crippen molar-refractivity contribution in [2.75, 3.05) is 18.0 Å². The maximum atomic E-state index is 10.1. The summed E-state index contributed by atoms with van der Waals surface area (Å²) in [5.74, 6) is 1.48. The molecule has 0 bridgehead atoms. The molecule has 0 spiro atoms. The molecule has 0 aliphatic carbocycles. The van der Waals surface area contributed by atoms with Crippen molar-refractivity contribution in [1.29, 1.82) is 0 Å². The second-order valence-corrected chi connectivity index (χ2v) is 5.58. The first-order valence-corrected chi connectivity index (χ1v) is 7.56. The molecule has 128 valence electrons. The molecule has 0 radical (unpaired) electrons. The molecule has 0 saturated carbocycles. The zero-order chi connectivity index (χ0) is 14.9. The van der Waals surface area contributed by atoms with Crippen LogP contribution in [0.1, 0.15) is 30.5 Å². The average Bonchev–Trinajstić information content (AvgIpc) is 3.13. The largest absolute Gasteiger partial charge is 0.492 e. The van der Waals surface area contributed by atoms with Gasteiger partial charge in [0.15, 0.2) is 5.82 Å². The minimum atomic E-state index is 0. The Morgan fingerprint density at radius 3 is 2.75 bits per heavy atom. The van der Waals surface area contributed by atoms with E-state index in [1.54, 1.807) is 12.4 Å². The number of imidazole rings is 1. The lowest BCUT2D eigenvalue weighted by Gasteiger charge is -2.25. The zero-order valence-electron chi connectivity index (χ0n) is 13.0. The highest BCUT2D eigenvalue weighted by Crippen LogP contribution is 2.32. The predicted molar refractivity (Wildman–Crippen MR) is 101 cm³/mol. The fraction of sp³-hybridized carbons (Fsp3) is 0.312. The third-order valence-corrected chi connectivity index (χ3v) is 4.08. The molecule has 2 aliphatic heterocycles. The van der Waals surface area contributed by atoms with Gasteiger partial charge in [0.1, 0.15) is 5.69 Å². The summed E-state index contributed by atoms with van der Waals surface area (Å²) in [5, 5.41) is 10.1. The Kier molecular flexibility index (Phi) is 5.85. The highest BCUT2D eigenvalue weighted by atomic mass is 35.5. The van der Waals surface area contributed by atoms with Gasteiger partial charge >= 0.3 is 0 Å². The molecule has 4 heterocycles. The minimum absolute atomic E-state index is 0. The third-order valence-electron chi connectivity index (χ3n) is 4.08. The van der Waals surface area contributed by atoms with Crippen LogP contribution in [0, 0.1) is 0 Å². The summed E-state index contributed by atoms with van der Waals surface area (Å²) >= 11 is 0. The van der Waals surface area contributed by atoms with Gasteiger partial charge in [0, 0.05) is 36.6 Å². The SMILES string of the molecule is Cl.Cl.Oc1nc(N2CCCCC2)[nH]c1/C=C1\C=Nc2ncccc21. The van der Waals surface area contributed by atoms with E-state index in [-0.39, 0.29) is 30.7 Å². The maximum Gasteiger partial charge on any atom is 0.238 e. The number of piperidine rings is 1. The van der Waals surface area contributed by atoms with Crippen LogP contribution in [0.3, 0.4) is 0 Å². The number of pyridine rings is 1. The number of rotatable bonds is 2. The molecule has 0 aromatic carbocycles. The summed E-state index contributed by atoms with van der Waals surface area (Å²) in [7, 11) is 0. The van der Waals surface area contributed by atoms with Crippen molar-refractivity contribution < 1.29 is 5.11 Å². The Labute approximate surface area is 152 Å². The van der Waals surface area contributed by atoms with Gasteiger partial charge in [-0.1, -0.05) is 0 Å². The standard InChI is InChI=1S/C16H17N5O.2ClH/c22-15-13(19-16(20-15)21-7-2-1-3-8-21)9-11-10-18-14-12(11)5-4-6-17-14;;/h4-6,9-10,22H,1-3,7-8H2,(H,19,20);2*1H/b11-9+;;. The normalized spacial score (nSPS) is 17.3. The molecule has 6 nitrogen and oxygen atoms in total. The summed E-state index contributed by atoms with van der Waals surface area (Å²) < 4.78 is 0. The Bertz CT molecular complexity index is 766. The molecule has 2 aromatic heterocycles. The highest BCUT2D eigenvalue weighted by Gasteiger charge is 2.18. The number of aromatic amines is 1. The molecule has 0 unspecified atom stereocenters. The van der Waals surface area contributed by atoms with Gasteiger partial charge in [0.2, 0.25) is 11.8 Å². The van der Waals surface area contributed by atoms with Crippen molar-refractivity contribution in [2.24, 2.45) is 4.99 Å². The van der Waals surface area contributed by atoms with Crippen molar-refractivity contribution in [3.8, 4) is 5.88 Å². The Morgan fingerprint density at radius 2 is 1.96 bits per heavy atom. The maximum absolute atomic E-state index is 10.1. The van der Waals surface area contributed by atoms with Crippen LogP contribution in [0.2, 0.25) is 0 Å². The molecule has 2 aliphatic rings. The molecule has 24 heavy (non-hydrogen) atoms. The van der Waals surface area contributed by atoms with Crippen LogP contribution in [-0.2, 0) is 0 Å². The molecule has 8 heteroatoms. The number of nitrogens with one attached hydrogen (secondary N) is 1. The molecule has 0 atom stereocenters. The van der Waals surface area contributed by atoms with Gasteiger partial charge in [-0.15, -0.1) is 24.8 Å². The summed E-state index contributed by atoms with van der Waals surface area (Å²) in [6.45, 7) is 1.97. The molecular weight excluding hydrogens is 349 g/mol. The van der Waals surface area contributed by atoms with Gasteiger partial charge in [-0.3, -0.25) is 0 Å². The summed E-state index contributed by atoms with van der Waals surface area (Å²) in [6.07, 6.45) is 8.96. The fourth-order valence-electron chi connectivity index (χ4n) is 2.92. The molecule has 1 fully saturated rings. The molecule has 4 rings (SSSR count). The van der Waals surface area contributed by atoms with E-state index in [1.165, 1.54) is 19.3 Å². The van der Waals surface area contributed by atoms with Crippen LogP contribution in [-0.4, -0.2) is 39.4 Å². The Morgan fingerprint density at radius 1 is 1.17 bits per heavy atom. The van der Waals surface area contributed by atoms with Gasteiger partial charge in [0.25, 0.3) is 0 Å². The first kappa shape index (κ1) is 18.3. The van der Waals surface area contributed by atoms with E-state index < -0.39 is 0 Å². The number of allylic oxidation sites excluding steroid dienone is 1. The second-order valence-electron chi connectivity index (χ2n) is 5.58. The Hall–Kier alpha value is -2.05. The van der Waals surface area contributed by atoms with Gasteiger partial charge in [-0.05, 0) is 37.5 Å². The van der Waals surface area contributed by atoms with E-state index in [4.69, 9.17) is 0 Å². The number of hydrogen-bond donors (Lipinski definition) is 2. The summed E-state index contributed by atoms with van der Waals surface area (Å²) in [6, 6.07) is 3.85. The second kappa shape index (κ2) is 7.68. The molecule has 2 aromatic rings. The number of H-pyrrole nitrogens is 1. The highest BCUT2D eigenvalue weighted by molar-refractivity contribution is 6.20. The van der Waals surface area contributed by atoms with Crippen molar-refractivity contribution >= 4 is 54.4 Å². The lowest BCUT2D eigenvalue weighted by Crippen LogP contribution is -2.30. The first-order valence-electron chi connectivity index (χ1n) is 7.56. The molecule has 1 saturated heterocycles. The Balaban J connectivity index is 0.00000104. The van der Waals surface area contributed by atoms with E-state index >= 15 is 0 Å². The van der Waals surface area contributed by atoms with Gasteiger partial charge in [-0.25, -0.2) is 9.98 Å². The van der Waals surface area contributed by atoms with Crippen LogP contribution in [0.4, 0.5) is 11.8 Å². The van der Waals surface area contributed by atoms with E-state index in [2.05, 4.69) is 24.8 Å². The fourth-order valence-corrected chi connectivity index (χ4v) is 2.92. The number of fused-ring (bicyclic) bond motifs is 1. The van der Waals surface area contributed by atoms with Gasteiger partial charge in [-0.2, -0.15) is 4.98 Å². The van der Waals surface area contributed by atoms with Crippen molar-refractivity contribution in [3.05, 3.63) is 29.6 Å². The van der Waals surface area contributed by atoms with E-state index in [0.717, 1.165) is 30.2 Å². The summed E-state index contributed by atoms with van der Waals surface area (Å²) in [5.41, 5.74) is 2.50. The topological polar surface area (TPSA) is 77.4 Å². The molecular formula is C16H19Cl2N5O. The first-order chi connectivity index (χ1) is 10.8. The van der Waals surface area contributed by atoms with Crippen molar-refractivity contribution in [1.82, 2.24) is 15.0 Å². The van der Waals surface area contributed by atoms with Gasteiger partial charge in [0.05, 0.1) is 0 Å². The molecule has 2 N–H and O–H groups in total. The number of hydrogen-bond acceptors (Lipinski definition) is 5. The van der Waals surface area contributed by atoms with E-state index in [1.807, 2.05) is 18.2 Å². The van der Waals surface area contributed by atoms with Crippen molar-refractivity contribution in [2.45, 2.75) is 19.3 Å². The number of nitrogens with zero attached hydrogens (tertiary/aromatic N) is 4. The van der Waals surface area contributed by atoms with E-state index in [9.17, 15) is 5.11 Å². The molecule has 0 amide bonds. The average molecular weight is 368 g/mol. The van der Waals surface area contributed by atoms with Crippen LogP contribution >= 0.6 is 24.8 Å². The van der Waals surface area contributed by atoms with Crippen LogP contribution in [0.5, 0.6) is 5.88 Å². The lowest BCUT2D eigenvalue weighted by atomic mass is 10.1. The predicted octanol–water partition coefficient (Wildman–Crippen LogP) is 3.60. The smallest absolute Gasteiger partial charge is 0.238 e. The number of anilines is 1. The quantitative estimate of drug-likeness (QED) is 0.849. The summed E-state index contributed by atoms with van der Waals surface area (Å²) in [4.78, 5) is 18.1. The number of halogens is 2. The van der Waals surface area contributed by atoms with Gasteiger partial charge < -0.3 is 15.0 Å². The zero-order valence-corrected chi connectivity index (χ0v) is 14.6. The van der Waals surface area contributed by atoms with Crippen LogP contribution in [0.15, 0.2) is 23.3 Å². The number of aromatic nitrogens is 3. The lowest BCUT2D eigenvalue weighted by molar-refractivity contribution is 0.454. The van der Waals surface area contributed by atoms with Crippen molar-refractivity contribution in [3.63, 3.8) is 0 Å². The number of aliphatic imine (C=N–C) groups is 1. The number of aromatic hydroxyl groups is 1. The van der Waals surface area contributed by atoms with Crippen LogP contribution < -0.4 is 4.90 Å². The third kappa shape index (κ3) is 3.39. The van der Waals surface area contributed by atoms with Crippen LogP contribution in [0.25, 0.3) is 11.6 Å². The van der Waals surface area contributed by atoms with E-state index in [0.29, 0.717) is 11.5 Å². The monoisotopic (exact) mass is 367 g/mol. The minimum Gasteiger partial charge on any atom is -0.492 e.